The average Bonchev–Trinajstić information content (AvgIpc) is 3.02. The van der Waals surface area contributed by atoms with Crippen molar-refractivity contribution in [3.05, 3.63) is 15.6 Å². The van der Waals surface area contributed by atoms with Crippen LogP contribution < -0.4 is 5.32 Å². The second-order valence-electron chi connectivity index (χ2n) is 7.69. The number of nitrogens with one attached hydrogen (secondary N) is 1. The van der Waals surface area contributed by atoms with Gasteiger partial charge in [0, 0.05) is 34.9 Å². The van der Waals surface area contributed by atoms with Crippen molar-refractivity contribution >= 4 is 11.3 Å². The van der Waals surface area contributed by atoms with Gasteiger partial charge in [-0.1, -0.05) is 33.6 Å². The lowest BCUT2D eigenvalue weighted by molar-refractivity contribution is 0.125. The average molecular weight is 311 g/mol. The van der Waals surface area contributed by atoms with Gasteiger partial charge in [0.15, 0.2) is 0 Å². The van der Waals surface area contributed by atoms with Crippen molar-refractivity contribution in [1.29, 1.82) is 0 Å². The summed E-state index contributed by atoms with van der Waals surface area (Å²) in [4.78, 5) is 6.09. The van der Waals surface area contributed by atoms with E-state index in [4.69, 9.17) is 4.98 Å². The number of aliphatic hydroxyl groups is 1. The number of thiazole rings is 1. The summed E-state index contributed by atoms with van der Waals surface area (Å²) in [7, 11) is 0. The van der Waals surface area contributed by atoms with Crippen LogP contribution in [0.2, 0.25) is 0 Å². The number of nitrogens with zero attached hydrogens (tertiary/aromatic N) is 1. The SMILES string of the molecule is Cc1nc(C(C)(C)C)sc1C(C)NCC1(CO)CCCC1. The summed E-state index contributed by atoms with van der Waals surface area (Å²) in [6.07, 6.45) is 4.81. The van der Waals surface area contributed by atoms with E-state index in [9.17, 15) is 5.11 Å². The minimum atomic E-state index is 0.111. The molecule has 1 aliphatic carbocycles. The molecule has 2 N–H and O–H groups in total. The summed E-state index contributed by atoms with van der Waals surface area (Å²) in [6, 6.07) is 0.308. The predicted octanol–water partition coefficient (Wildman–Crippen LogP) is 3.95. The predicted molar refractivity (Wildman–Crippen MR) is 90.0 cm³/mol. The van der Waals surface area contributed by atoms with E-state index in [2.05, 4.69) is 39.9 Å². The lowest BCUT2D eigenvalue weighted by atomic mass is 9.87. The smallest absolute Gasteiger partial charge is 0.0985 e. The standard InChI is InChI=1S/C17H30N2OS/c1-12(18-10-17(11-20)8-6-7-9-17)14-13(2)19-15(21-14)16(3,4)5/h12,18,20H,6-11H2,1-5H3. The van der Waals surface area contributed by atoms with Crippen LogP contribution in [0.15, 0.2) is 0 Å². The molecule has 0 amide bonds. The van der Waals surface area contributed by atoms with Gasteiger partial charge in [-0.3, -0.25) is 0 Å². The molecule has 0 saturated heterocycles. The Morgan fingerprint density at radius 3 is 2.43 bits per heavy atom. The van der Waals surface area contributed by atoms with Crippen molar-refractivity contribution in [2.45, 2.75) is 71.8 Å². The Balaban J connectivity index is 2.03. The zero-order chi connectivity index (χ0) is 15.7. The zero-order valence-electron chi connectivity index (χ0n) is 14.1. The molecule has 1 saturated carbocycles. The molecule has 1 aromatic rings. The fourth-order valence-corrected chi connectivity index (χ4v) is 4.26. The van der Waals surface area contributed by atoms with Gasteiger partial charge < -0.3 is 10.4 Å². The van der Waals surface area contributed by atoms with E-state index >= 15 is 0 Å². The molecule has 1 aliphatic rings. The molecule has 0 radical (unpaired) electrons. The monoisotopic (exact) mass is 310 g/mol. The first-order chi connectivity index (χ1) is 9.77. The van der Waals surface area contributed by atoms with Crippen LogP contribution in [0.25, 0.3) is 0 Å². The van der Waals surface area contributed by atoms with Crippen LogP contribution in [0, 0.1) is 12.3 Å². The Kier molecular flexibility index (Phi) is 5.11. The molecule has 0 aliphatic heterocycles. The highest BCUT2D eigenvalue weighted by Gasteiger charge is 2.33. The fraction of sp³-hybridized carbons (Fsp3) is 0.824. The topological polar surface area (TPSA) is 45.2 Å². The number of aromatic nitrogens is 1. The van der Waals surface area contributed by atoms with Gasteiger partial charge in [-0.2, -0.15) is 0 Å². The van der Waals surface area contributed by atoms with Gasteiger partial charge in [0.05, 0.1) is 10.7 Å². The highest BCUT2D eigenvalue weighted by atomic mass is 32.1. The van der Waals surface area contributed by atoms with Crippen LogP contribution in [-0.2, 0) is 5.41 Å². The highest BCUT2D eigenvalue weighted by Crippen LogP contribution is 2.38. The minimum Gasteiger partial charge on any atom is -0.396 e. The van der Waals surface area contributed by atoms with Crippen LogP contribution in [0.5, 0.6) is 0 Å². The third kappa shape index (κ3) is 3.85. The highest BCUT2D eigenvalue weighted by molar-refractivity contribution is 7.12. The fourth-order valence-electron chi connectivity index (χ4n) is 3.11. The second-order valence-corrected chi connectivity index (χ2v) is 8.72. The summed E-state index contributed by atoms with van der Waals surface area (Å²) in [5.41, 5.74) is 1.37. The Morgan fingerprint density at radius 1 is 1.33 bits per heavy atom. The molecular formula is C17H30N2OS. The Labute approximate surface area is 133 Å². The van der Waals surface area contributed by atoms with E-state index in [0.717, 1.165) is 25.1 Å². The maximum atomic E-state index is 9.72. The van der Waals surface area contributed by atoms with Gasteiger partial charge in [-0.25, -0.2) is 4.98 Å². The van der Waals surface area contributed by atoms with E-state index in [1.165, 1.54) is 22.7 Å². The van der Waals surface area contributed by atoms with Crippen molar-refractivity contribution in [1.82, 2.24) is 10.3 Å². The lowest BCUT2D eigenvalue weighted by Crippen LogP contribution is -2.36. The van der Waals surface area contributed by atoms with E-state index in [0.29, 0.717) is 12.6 Å². The van der Waals surface area contributed by atoms with Crippen LogP contribution in [0.4, 0.5) is 0 Å². The number of rotatable bonds is 5. The molecule has 1 atom stereocenters. The number of aliphatic hydroxyl groups excluding tert-OH is 1. The third-order valence-electron chi connectivity index (χ3n) is 4.65. The lowest BCUT2D eigenvalue weighted by Gasteiger charge is -2.28. The molecule has 1 fully saturated rings. The maximum absolute atomic E-state index is 9.72. The minimum absolute atomic E-state index is 0.111. The summed E-state index contributed by atoms with van der Waals surface area (Å²) < 4.78 is 0. The second kappa shape index (κ2) is 6.35. The molecule has 2 rings (SSSR count). The van der Waals surface area contributed by atoms with Crippen molar-refractivity contribution in [2.75, 3.05) is 13.2 Å². The summed E-state index contributed by atoms with van der Waals surface area (Å²) >= 11 is 1.83. The molecule has 21 heavy (non-hydrogen) atoms. The summed E-state index contributed by atoms with van der Waals surface area (Å²) in [6.45, 7) is 12.2. The van der Waals surface area contributed by atoms with Crippen LogP contribution in [0.1, 0.15) is 75.0 Å². The van der Waals surface area contributed by atoms with Gasteiger partial charge >= 0.3 is 0 Å². The third-order valence-corrected chi connectivity index (χ3v) is 6.42. The van der Waals surface area contributed by atoms with E-state index < -0.39 is 0 Å². The van der Waals surface area contributed by atoms with Gasteiger partial charge in [0.1, 0.15) is 0 Å². The zero-order valence-corrected chi connectivity index (χ0v) is 14.9. The molecule has 120 valence electrons. The Bertz CT molecular complexity index is 470. The Morgan fingerprint density at radius 2 is 1.95 bits per heavy atom. The van der Waals surface area contributed by atoms with Crippen molar-refractivity contribution in [3.8, 4) is 0 Å². The molecule has 4 heteroatoms. The molecule has 1 heterocycles. The van der Waals surface area contributed by atoms with Gasteiger partial charge in [-0.15, -0.1) is 11.3 Å². The van der Waals surface area contributed by atoms with Gasteiger partial charge in [0.25, 0.3) is 0 Å². The molecular weight excluding hydrogens is 280 g/mol. The van der Waals surface area contributed by atoms with Crippen molar-refractivity contribution in [2.24, 2.45) is 5.41 Å². The number of hydrogen-bond donors (Lipinski definition) is 2. The quantitative estimate of drug-likeness (QED) is 0.865. The number of aryl methyl sites for hydroxylation is 1. The first-order valence-electron chi connectivity index (χ1n) is 8.09. The molecule has 3 nitrogen and oxygen atoms in total. The largest absolute Gasteiger partial charge is 0.396 e. The normalized spacial score (nSPS) is 19.9. The van der Waals surface area contributed by atoms with E-state index in [1.54, 1.807) is 0 Å². The Hall–Kier alpha value is -0.450. The molecule has 0 spiro atoms. The maximum Gasteiger partial charge on any atom is 0.0985 e. The molecule has 0 bridgehead atoms. The van der Waals surface area contributed by atoms with Crippen LogP contribution in [0.3, 0.4) is 0 Å². The van der Waals surface area contributed by atoms with Gasteiger partial charge in [0.2, 0.25) is 0 Å². The van der Waals surface area contributed by atoms with E-state index in [-0.39, 0.29) is 10.8 Å². The van der Waals surface area contributed by atoms with Crippen LogP contribution >= 0.6 is 11.3 Å². The summed E-state index contributed by atoms with van der Waals surface area (Å²) in [5, 5.41) is 14.6. The van der Waals surface area contributed by atoms with Crippen molar-refractivity contribution < 1.29 is 5.11 Å². The van der Waals surface area contributed by atoms with E-state index in [1.807, 2.05) is 11.3 Å². The van der Waals surface area contributed by atoms with Crippen LogP contribution in [-0.4, -0.2) is 23.2 Å². The van der Waals surface area contributed by atoms with Gasteiger partial charge in [-0.05, 0) is 26.7 Å². The number of hydrogen-bond acceptors (Lipinski definition) is 4. The first-order valence-corrected chi connectivity index (χ1v) is 8.91. The van der Waals surface area contributed by atoms with Crippen molar-refractivity contribution in [3.63, 3.8) is 0 Å². The molecule has 1 aromatic heterocycles. The molecule has 1 unspecified atom stereocenters. The first kappa shape index (κ1) is 16.9. The molecule has 0 aromatic carbocycles. The summed E-state index contributed by atoms with van der Waals surface area (Å²) in [5.74, 6) is 0.